The molecule has 0 radical (unpaired) electrons. The Morgan fingerprint density at radius 2 is 1.96 bits per heavy atom. The highest BCUT2D eigenvalue weighted by Crippen LogP contribution is 2.23. The van der Waals surface area contributed by atoms with Crippen LogP contribution in [0.25, 0.3) is 0 Å². The van der Waals surface area contributed by atoms with Gasteiger partial charge < -0.3 is 5.11 Å². The molecule has 0 aliphatic heterocycles. The highest BCUT2D eigenvalue weighted by molar-refractivity contribution is 6.30. The molecule has 2 rings (SSSR count). The van der Waals surface area contributed by atoms with E-state index in [0.29, 0.717) is 18.2 Å². The van der Waals surface area contributed by atoms with Crippen LogP contribution in [-0.4, -0.2) is 32.4 Å². The average molecular weight is 340 g/mol. The number of aliphatic hydroxyl groups excluding tert-OH is 1. The van der Waals surface area contributed by atoms with Gasteiger partial charge in [0, 0.05) is 31.7 Å². The predicted molar refractivity (Wildman–Crippen MR) is 89.8 cm³/mol. The Labute approximate surface area is 141 Å². The molecule has 1 heterocycles. The Bertz CT molecular complexity index is 638. The van der Waals surface area contributed by atoms with E-state index in [1.54, 1.807) is 16.8 Å². The third-order valence-electron chi connectivity index (χ3n) is 4.13. The molecule has 0 amide bonds. The fourth-order valence-corrected chi connectivity index (χ4v) is 2.93. The van der Waals surface area contributed by atoms with Crippen molar-refractivity contribution in [1.29, 1.82) is 0 Å². The zero-order valence-electron chi connectivity index (χ0n) is 13.8. The van der Waals surface area contributed by atoms with Crippen LogP contribution < -0.4 is 0 Å². The predicted octanol–water partition coefficient (Wildman–Crippen LogP) is 3.29. The lowest BCUT2D eigenvalue weighted by molar-refractivity contribution is 0.106. The Morgan fingerprint density at radius 1 is 1.30 bits per heavy atom. The molecule has 0 aliphatic rings. The Hall–Kier alpha value is -1.43. The van der Waals surface area contributed by atoms with Gasteiger partial charge in [0.15, 0.2) is 0 Å². The summed E-state index contributed by atoms with van der Waals surface area (Å²) in [4.78, 5) is 2.16. The van der Waals surface area contributed by atoms with Crippen molar-refractivity contribution in [2.24, 2.45) is 7.05 Å². The first-order valence-corrected chi connectivity index (χ1v) is 8.11. The lowest BCUT2D eigenvalue weighted by Gasteiger charge is -2.30. The zero-order valence-corrected chi connectivity index (χ0v) is 14.5. The van der Waals surface area contributed by atoms with Crippen LogP contribution in [0.2, 0.25) is 5.15 Å². The lowest BCUT2D eigenvalue weighted by atomic mass is 10.1. The molecule has 0 unspecified atom stereocenters. The van der Waals surface area contributed by atoms with Gasteiger partial charge in [0.25, 0.3) is 0 Å². The van der Waals surface area contributed by atoms with Gasteiger partial charge in [-0.2, -0.15) is 5.10 Å². The molecule has 4 nitrogen and oxygen atoms in total. The zero-order chi connectivity index (χ0) is 17.0. The van der Waals surface area contributed by atoms with Crippen LogP contribution in [0.5, 0.6) is 0 Å². The minimum atomic E-state index is -0.249. The Morgan fingerprint density at radius 3 is 2.43 bits per heavy atom. The van der Waals surface area contributed by atoms with Crippen molar-refractivity contribution in [1.82, 2.24) is 14.7 Å². The van der Waals surface area contributed by atoms with Crippen molar-refractivity contribution in [3.05, 3.63) is 52.1 Å². The lowest BCUT2D eigenvalue weighted by Crippen LogP contribution is -2.36. The normalized spacial score (nSPS) is 12.8. The van der Waals surface area contributed by atoms with Crippen LogP contribution >= 0.6 is 11.6 Å². The number of aromatic nitrogens is 2. The van der Waals surface area contributed by atoms with E-state index >= 15 is 0 Å². The van der Waals surface area contributed by atoms with Gasteiger partial charge in [0.05, 0.1) is 12.3 Å². The fourth-order valence-electron chi connectivity index (χ4n) is 2.70. The molecule has 0 saturated carbocycles. The van der Waals surface area contributed by atoms with E-state index in [1.807, 2.05) is 20.9 Å². The summed E-state index contributed by atoms with van der Waals surface area (Å²) in [6.45, 7) is 5.24. The third kappa shape index (κ3) is 4.31. The molecule has 23 heavy (non-hydrogen) atoms. The van der Waals surface area contributed by atoms with Crippen molar-refractivity contribution < 1.29 is 9.50 Å². The van der Waals surface area contributed by atoms with Crippen molar-refractivity contribution in [3.8, 4) is 0 Å². The maximum Gasteiger partial charge on any atom is 0.131 e. The van der Waals surface area contributed by atoms with E-state index in [-0.39, 0.29) is 18.5 Å². The summed E-state index contributed by atoms with van der Waals surface area (Å²) in [5.41, 5.74) is 2.84. The van der Waals surface area contributed by atoms with E-state index in [2.05, 4.69) is 10.00 Å². The van der Waals surface area contributed by atoms with E-state index in [4.69, 9.17) is 11.6 Å². The first-order valence-electron chi connectivity index (χ1n) is 7.73. The van der Waals surface area contributed by atoms with E-state index in [9.17, 15) is 9.50 Å². The molecule has 0 spiro atoms. The largest absolute Gasteiger partial charge is 0.395 e. The molecular formula is C17H23ClFN3O. The number of hydrogen-bond donors (Lipinski definition) is 1. The van der Waals surface area contributed by atoms with Crippen LogP contribution in [0, 0.1) is 12.7 Å². The number of aliphatic hydroxyl groups is 1. The summed E-state index contributed by atoms with van der Waals surface area (Å²) in [7, 11) is 1.81. The number of halogens is 2. The summed E-state index contributed by atoms with van der Waals surface area (Å²) >= 11 is 6.33. The van der Waals surface area contributed by atoms with Gasteiger partial charge in [-0.1, -0.05) is 30.7 Å². The van der Waals surface area contributed by atoms with Gasteiger partial charge in [-0.15, -0.1) is 0 Å². The highest BCUT2D eigenvalue weighted by atomic mass is 35.5. The van der Waals surface area contributed by atoms with Crippen LogP contribution in [0.15, 0.2) is 24.3 Å². The summed E-state index contributed by atoms with van der Waals surface area (Å²) in [5.74, 6) is -0.249. The number of benzene rings is 1. The topological polar surface area (TPSA) is 41.3 Å². The monoisotopic (exact) mass is 339 g/mol. The quantitative estimate of drug-likeness (QED) is 0.841. The second kappa shape index (κ2) is 7.90. The number of aryl methyl sites for hydroxylation is 2. The second-order valence-corrected chi connectivity index (χ2v) is 6.11. The summed E-state index contributed by atoms with van der Waals surface area (Å²) in [5, 5.41) is 14.6. The molecular weight excluding hydrogens is 317 g/mol. The molecule has 1 aromatic carbocycles. The molecule has 0 saturated heterocycles. The molecule has 1 aromatic heterocycles. The maximum atomic E-state index is 13.1. The van der Waals surface area contributed by atoms with Crippen LogP contribution in [-0.2, 0) is 20.1 Å². The molecule has 6 heteroatoms. The molecule has 0 fully saturated rings. The molecule has 0 aliphatic carbocycles. The van der Waals surface area contributed by atoms with Gasteiger partial charge in [0.2, 0.25) is 0 Å². The second-order valence-electron chi connectivity index (χ2n) is 5.75. The minimum Gasteiger partial charge on any atom is -0.395 e. The SMILES string of the molecule is CC[C@H](CO)N(Cc1ccc(F)cc1)Cc1c(C)nn(C)c1Cl. The fraction of sp³-hybridized carbons (Fsp3) is 0.471. The molecule has 1 N–H and O–H groups in total. The Balaban J connectivity index is 2.25. The minimum absolute atomic E-state index is 0.00993. The molecule has 1 atom stereocenters. The summed E-state index contributed by atoms with van der Waals surface area (Å²) < 4.78 is 14.7. The number of hydrogen-bond acceptors (Lipinski definition) is 3. The van der Waals surface area contributed by atoms with Gasteiger partial charge in [-0.25, -0.2) is 4.39 Å². The van der Waals surface area contributed by atoms with Crippen molar-refractivity contribution >= 4 is 11.6 Å². The Kier molecular flexibility index (Phi) is 6.16. The van der Waals surface area contributed by atoms with Gasteiger partial charge in [0.1, 0.15) is 11.0 Å². The highest BCUT2D eigenvalue weighted by Gasteiger charge is 2.21. The van der Waals surface area contributed by atoms with Crippen molar-refractivity contribution in [3.63, 3.8) is 0 Å². The maximum absolute atomic E-state index is 13.1. The van der Waals surface area contributed by atoms with Gasteiger partial charge >= 0.3 is 0 Å². The summed E-state index contributed by atoms with van der Waals surface area (Å²) in [6.07, 6.45) is 0.814. The van der Waals surface area contributed by atoms with Gasteiger partial charge in [-0.05, 0) is 31.0 Å². The molecule has 0 bridgehead atoms. The summed E-state index contributed by atoms with van der Waals surface area (Å²) in [6, 6.07) is 6.45. The van der Waals surface area contributed by atoms with E-state index in [1.165, 1.54) is 12.1 Å². The first-order chi connectivity index (χ1) is 11.0. The third-order valence-corrected chi connectivity index (χ3v) is 4.60. The van der Waals surface area contributed by atoms with Crippen LogP contribution in [0.3, 0.4) is 0 Å². The van der Waals surface area contributed by atoms with Crippen LogP contribution in [0.1, 0.15) is 30.2 Å². The number of nitrogens with zero attached hydrogens (tertiary/aromatic N) is 3. The number of rotatable bonds is 7. The molecule has 2 aromatic rings. The van der Waals surface area contributed by atoms with Gasteiger partial charge in [-0.3, -0.25) is 9.58 Å². The first kappa shape index (κ1) is 17.9. The molecule has 126 valence electrons. The van der Waals surface area contributed by atoms with E-state index in [0.717, 1.165) is 23.2 Å². The smallest absolute Gasteiger partial charge is 0.131 e. The van der Waals surface area contributed by atoms with Crippen molar-refractivity contribution in [2.45, 2.75) is 39.4 Å². The van der Waals surface area contributed by atoms with Crippen molar-refractivity contribution in [2.75, 3.05) is 6.61 Å². The average Bonchev–Trinajstić information content (AvgIpc) is 2.77. The standard InChI is InChI=1S/C17H23ClFN3O/c1-4-15(11-23)22(9-13-5-7-14(19)8-6-13)10-16-12(2)20-21(3)17(16)18/h5-8,15,23H,4,9-11H2,1-3H3/t15-/m1/s1. The van der Waals surface area contributed by atoms with E-state index < -0.39 is 0 Å². The van der Waals surface area contributed by atoms with Crippen LogP contribution in [0.4, 0.5) is 4.39 Å².